The van der Waals surface area contributed by atoms with Crippen molar-refractivity contribution in [2.75, 3.05) is 7.11 Å². The Morgan fingerprint density at radius 1 is 0.919 bits per heavy atom. The maximum absolute atomic E-state index is 15.9. The third-order valence-electron chi connectivity index (χ3n) is 6.78. The van der Waals surface area contributed by atoms with Crippen molar-refractivity contribution < 1.29 is 18.3 Å². The van der Waals surface area contributed by atoms with Gasteiger partial charge in [-0.3, -0.25) is 4.79 Å². The number of alkyl halides is 2. The van der Waals surface area contributed by atoms with E-state index in [0.29, 0.717) is 24.2 Å². The van der Waals surface area contributed by atoms with E-state index < -0.39 is 11.5 Å². The molecule has 1 heterocycles. The number of halogens is 2. The molecule has 6 heteroatoms. The van der Waals surface area contributed by atoms with Gasteiger partial charge in [-0.2, -0.15) is 8.78 Å². The molecule has 3 aromatic rings. The van der Waals surface area contributed by atoms with Crippen LogP contribution in [-0.4, -0.2) is 34.3 Å². The SMILES string of the molecule is COc1ccc(C(=C(N(Cc2ccccc2)Cc2ccccc2)C(C)(F)F)N2C(=O)CCC2(C)C)cc1. The number of allylic oxidation sites excluding steroid dienone is 1. The lowest BCUT2D eigenvalue weighted by Gasteiger charge is -2.40. The van der Waals surface area contributed by atoms with Gasteiger partial charge in [0.05, 0.1) is 12.8 Å². The highest BCUT2D eigenvalue weighted by Gasteiger charge is 2.45. The lowest BCUT2D eigenvalue weighted by atomic mass is 9.97. The molecule has 0 atom stereocenters. The largest absolute Gasteiger partial charge is 0.497 e. The predicted octanol–water partition coefficient (Wildman–Crippen LogP) is 7.12. The second kappa shape index (κ2) is 10.8. The number of carbonyl (C=O) groups is 1. The summed E-state index contributed by atoms with van der Waals surface area (Å²) >= 11 is 0. The summed E-state index contributed by atoms with van der Waals surface area (Å²) in [6.45, 7) is 5.31. The first-order chi connectivity index (χ1) is 17.6. The molecule has 1 aliphatic heterocycles. The van der Waals surface area contributed by atoms with Gasteiger partial charge < -0.3 is 14.5 Å². The molecule has 0 radical (unpaired) electrons. The highest BCUT2D eigenvalue weighted by atomic mass is 19.3. The van der Waals surface area contributed by atoms with Crippen molar-refractivity contribution in [1.29, 1.82) is 0 Å². The molecule has 1 saturated heterocycles. The fourth-order valence-corrected chi connectivity index (χ4v) is 4.98. The quantitative estimate of drug-likeness (QED) is 0.311. The number of methoxy groups -OCH3 is 1. The zero-order valence-electron chi connectivity index (χ0n) is 21.9. The normalized spacial score (nSPS) is 15.9. The van der Waals surface area contributed by atoms with Crippen LogP contribution in [0.4, 0.5) is 8.78 Å². The zero-order chi connectivity index (χ0) is 26.6. The second-order valence-electron chi connectivity index (χ2n) is 10.2. The Hall–Kier alpha value is -3.67. The standard InChI is InChI=1S/C31H34F2N2O2/c1-30(2)20-19-27(36)35(30)28(25-15-17-26(37-4)18-16-25)29(31(3,32)33)34(21-23-11-7-5-8-12-23)22-24-13-9-6-10-14-24/h5-18H,19-22H2,1-4H3. The molecule has 37 heavy (non-hydrogen) atoms. The number of amides is 1. The number of nitrogens with zero attached hydrogens (tertiary/aromatic N) is 2. The summed E-state index contributed by atoms with van der Waals surface area (Å²) in [7, 11) is 1.56. The van der Waals surface area contributed by atoms with Crippen LogP contribution in [0.2, 0.25) is 0 Å². The van der Waals surface area contributed by atoms with Crippen LogP contribution in [0, 0.1) is 0 Å². The van der Waals surface area contributed by atoms with Gasteiger partial charge in [-0.25, -0.2) is 0 Å². The summed E-state index contributed by atoms with van der Waals surface area (Å²) < 4.78 is 37.1. The summed E-state index contributed by atoms with van der Waals surface area (Å²) in [4.78, 5) is 16.6. The molecule has 4 rings (SSSR count). The number of ether oxygens (including phenoxy) is 1. The van der Waals surface area contributed by atoms with Crippen molar-refractivity contribution in [3.63, 3.8) is 0 Å². The Balaban J connectivity index is 1.99. The van der Waals surface area contributed by atoms with Gasteiger partial charge in [0.1, 0.15) is 11.4 Å². The molecule has 1 amide bonds. The molecule has 0 spiro atoms. The number of likely N-dealkylation sites (tertiary alicyclic amines) is 1. The van der Waals surface area contributed by atoms with Crippen LogP contribution < -0.4 is 4.74 Å². The third kappa shape index (κ3) is 6.01. The van der Waals surface area contributed by atoms with Crippen molar-refractivity contribution in [2.45, 2.75) is 58.2 Å². The number of benzene rings is 3. The maximum Gasteiger partial charge on any atom is 0.286 e. The van der Waals surface area contributed by atoms with Crippen LogP contribution in [0.5, 0.6) is 5.75 Å². The Bertz CT molecular complexity index is 1190. The molecular formula is C31H34F2N2O2. The van der Waals surface area contributed by atoms with E-state index in [0.717, 1.165) is 18.1 Å². The van der Waals surface area contributed by atoms with Gasteiger partial charge in [0, 0.05) is 37.5 Å². The van der Waals surface area contributed by atoms with Gasteiger partial charge >= 0.3 is 0 Å². The van der Waals surface area contributed by atoms with Crippen LogP contribution in [0.1, 0.15) is 50.3 Å². The zero-order valence-corrected chi connectivity index (χ0v) is 21.9. The van der Waals surface area contributed by atoms with E-state index in [2.05, 4.69) is 0 Å². The molecule has 0 aliphatic carbocycles. The van der Waals surface area contributed by atoms with Crippen LogP contribution in [0.15, 0.2) is 90.6 Å². The van der Waals surface area contributed by atoms with Crippen LogP contribution in [0.3, 0.4) is 0 Å². The molecule has 4 nitrogen and oxygen atoms in total. The molecule has 194 valence electrons. The minimum Gasteiger partial charge on any atom is -0.497 e. The molecule has 1 aliphatic rings. The van der Waals surface area contributed by atoms with Crippen molar-refractivity contribution >= 4 is 11.6 Å². The Kier molecular flexibility index (Phi) is 7.67. The van der Waals surface area contributed by atoms with Gasteiger partial charge in [0.25, 0.3) is 5.92 Å². The molecule has 3 aromatic carbocycles. The van der Waals surface area contributed by atoms with Gasteiger partial charge in [-0.05, 0) is 55.7 Å². The topological polar surface area (TPSA) is 32.8 Å². The summed E-state index contributed by atoms with van der Waals surface area (Å²) in [5.74, 6) is -2.78. The van der Waals surface area contributed by atoms with Gasteiger partial charge in [-0.1, -0.05) is 60.7 Å². The van der Waals surface area contributed by atoms with E-state index in [1.54, 1.807) is 41.2 Å². The Morgan fingerprint density at radius 3 is 1.84 bits per heavy atom. The Morgan fingerprint density at radius 2 is 1.43 bits per heavy atom. The smallest absolute Gasteiger partial charge is 0.286 e. The third-order valence-corrected chi connectivity index (χ3v) is 6.78. The van der Waals surface area contributed by atoms with Crippen molar-refractivity contribution in [1.82, 2.24) is 9.80 Å². The van der Waals surface area contributed by atoms with Gasteiger partial charge in [0.15, 0.2) is 0 Å². The van der Waals surface area contributed by atoms with E-state index in [4.69, 9.17) is 4.74 Å². The molecular weight excluding hydrogens is 470 g/mol. The highest BCUT2D eigenvalue weighted by Crippen LogP contribution is 2.43. The van der Waals surface area contributed by atoms with E-state index in [9.17, 15) is 4.79 Å². The lowest BCUT2D eigenvalue weighted by Crippen LogP contribution is -2.43. The first kappa shape index (κ1) is 26.4. The first-order valence-electron chi connectivity index (χ1n) is 12.5. The van der Waals surface area contributed by atoms with Crippen molar-refractivity contribution in [3.8, 4) is 5.75 Å². The minimum absolute atomic E-state index is 0.156. The van der Waals surface area contributed by atoms with Crippen LogP contribution in [-0.2, 0) is 17.9 Å². The fourth-order valence-electron chi connectivity index (χ4n) is 4.98. The number of hydrogen-bond donors (Lipinski definition) is 0. The molecule has 0 saturated carbocycles. The maximum atomic E-state index is 15.9. The predicted molar refractivity (Wildman–Crippen MR) is 143 cm³/mol. The van der Waals surface area contributed by atoms with Gasteiger partial charge in [0.2, 0.25) is 5.91 Å². The number of carbonyl (C=O) groups excluding carboxylic acids is 1. The second-order valence-corrected chi connectivity index (χ2v) is 10.2. The fraction of sp³-hybridized carbons (Fsp3) is 0.323. The molecule has 0 bridgehead atoms. The van der Waals surface area contributed by atoms with E-state index in [-0.39, 0.29) is 30.4 Å². The number of rotatable bonds is 9. The van der Waals surface area contributed by atoms with E-state index in [1.165, 1.54) is 0 Å². The summed E-state index contributed by atoms with van der Waals surface area (Å²) in [5, 5.41) is 0. The molecule has 0 unspecified atom stereocenters. The molecule has 0 N–H and O–H groups in total. The molecule has 0 aromatic heterocycles. The average Bonchev–Trinajstić information content (AvgIpc) is 3.14. The highest BCUT2D eigenvalue weighted by molar-refractivity contribution is 5.91. The summed E-state index contributed by atoms with van der Waals surface area (Å²) in [6.07, 6.45) is 0.901. The molecule has 1 fully saturated rings. The summed E-state index contributed by atoms with van der Waals surface area (Å²) in [6, 6.07) is 26.2. The first-order valence-corrected chi connectivity index (χ1v) is 12.5. The van der Waals surface area contributed by atoms with Crippen molar-refractivity contribution in [2.24, 2.45) is 0 Å². The van der Waals surface area contributed by atoms with Gasteiger partial charge in [-0.15, -0.1) is 0 Å². The van der Waals surface area contributed by atoms with Crippen molar-refractivity contribution in [3.05, 3.63) is 107 Å². The summed E-state index contributed by atoms with van der Waals surface area (Å²) in [5.41, 5.74) is 1.81. The van der Waals surface area contributed by atoms with Crippen LogP contribution >= 0.6 is 0 Å². The monoisotopic (exact) mass is 504 g/mol. The lowest BCUT2D eigenvalue weighted by molar-refractivity contribution is -0.127. The Labute approximate surface area is 218 Å². The van der Waals surface area contributed by atoms with Crippen LogP contribution in [0.25, 0.3) is 5.70 Å². The number of hydrogen-bond acceptors (Lipinski definition) is 3. The average molecular weight is 505 g/mol. The van der Waals surface area contributed by atoms with E-state index in [1.807, 2.05) is 74.5 Å². The van der Waals surface area contributed by atoms with E-state index >= 15 is 8.78 Å². The minimum atomic E-state index is -3.24.